The maximum absolute atomic E-state index is 12.5. The molecule has 3 aromatic rings. The van der Waals surface area contributed by atoms with E-state index in [4.69, 9.17) is 23.2 Å². The molecule has 3 rings (SSSR count). The van der Waals surface area contributed by atoms with Crippen LogP contribution in [0.1, 0.15) is 0 Å². The van der Waals surface area contributed by atoms with Gasteiger partial charge in [-0.1, -0.05) is 34.4 Å². The monoisotopic (exact) mass is 322 g/mol. The lowest BCUT2D eigenvalue weighted by Gasteiger charge is -2.10. The van der Waals surface area contributed by atoms with Crippen LogP contribution in [0.5, 0.6) is 6.01 Å². The average molecular weight is 323 g/mol. The molecule has 0 amide bonds. The van der Waals surface area contributed by atoms with E-state index in [1.165, 1.54) is 17.7 Å². The minimum absolute atomic E-state index is 0.222. The van der Waals surface area contributed by atoms with Gasteiger partial charge in [0.05, 0.1) is 15.6 Å². The van der Waals surface area contributed by atoms with Crippen LogP contribution in [0.2, 0.25) is 10.0 Å². The Morgan fingerprint density at radius 1 is 1.19 bits per heavy atom. The molecule has 0 atom stereocenters. The van der Waals surface area contributed by atoms with Gasteiger partial charge in [0.25, 0.3) is 5.56 Å². The summed E-state index contributed by atoms with van der Waals surface area (Å²) in [5, 5.41) is 17.3. The molecule has 2 aromatic heterocycles. The van der Waals surface area contributed by atoms with Crippen LogP contribution in [0.15, 0.2) is 29.1 Å². The van der Waals surface area contributed by atoms with Crippen LogP contribution in [0.25, 0.3) is 22.3 Å². The number of hydrogen-bond acceptors (Lipinski definition) is 5. The zero-order valence-corrected chi connectivity index (χ0v) is 12.2. The third-order valence-corrected chi connectivity index (χ3v) is 3.68. The highest BCUT2D eigenvalue weighted by molar-refractivity contribution is 6.39. The first-order valence-electron chi connectivity index (χ1n) is 5.87. The van der Waals surface area contributed by atoms with Crippen molar-refractivity contribution in [3.63, 3.8) is 0 Å². The molecule has 0 aliphatic heterocycles. The van der Waals surface area contributed by atoms with Crippen molar-refractivity contribution < 1.29 is 5.11 Å². The molecule has 0 aliphatic carbocycles. The fourth-order valence-corrected chi connectivity index (χ4v) is 2.67. The fourth-order valence-electron chi connectivity index (χ4n) is 2.07. The van der Waals surface area contributed by atoms with E-state index in [-0.39, 0.29) is 11.2 Å². The smallest absolute Gasteiger partial charge is 0.335 e. The molecule has 0 aliphatic rings. The second kappa shape index (κ2) is 4.98. The topological polar surface area (TPSA) is 80.9 Å². The van der Waals surface area contributed by atoms with Crippen LogP contribution in [0, 0.1) is 0 Å². The molecule has 8 heteroatoms. The maximum Gasteiger partial charge on any atom is 0.335 e. The summed E-state index contributed by atoms with van der Waals surface area (Å²) >= 11 is 12.3. The lowest BCUT2D eigenvalue weighted by Crippen LogP contribution is -2.20. The summed E-state index contributed by atoms with van der Waals surface area (Å²) in [5.41, 5.74) is 0.943. The molecule has 106 valence electrons. The van der Waals surface area contributed by atoms with E-state index in [0.29, 0.717) is 26.7 Å². The Bertz CT molecular complexity index is 904. The van der Waals surface area contributed by atoms with Gasteiger partial charge in [-0.05, 0) is 18.2 Å². The van der Waals surface area contributed by atoms with Gasteiger partial charge in [0.15, 0.2) is 5.65 Å². The zero-order chi connectivity index (χ0) is 15.1. The Hall–Kier alpha value is -2.18. The highest BCUT2D eigenvalue weighted by Gasteiger charge is 2.16. The predicted molar refractivity (Wildman–Crippen MR) is 79.7 cm³/mol. The van der Waals surface area contributed by atoms with Gasteiger partial charge in [0, 0.05) is 12.6 Å². The molecule has 2 heterocycles. The third kappa shape index (κ3) is 2.22. The number of rotatable bonds is 1. The van der Waals surface area contributed by atoms with Gasteiger partial charge in [-0.15, -0.1) is 5.10 Å². The predicted octanol–water partition coefficient (Wildman–Crippen LogP) is 2.40. The van der Waals surface area contributed by atoms with Crippen LogP contribution in [-0.4, -0.2) is 24.9 Å². The number of halogens is 2. The zero-order valence-electron chi connectivity index (χ0n) is 10.7. The molecule has 6 nitrogen and oxygen atoms in total. The first kappa shape index (κ1) is 13.8. The Kier molecular flexibility index (Phi) is 3.27. The van der Waals surface area contributed by atoms with Gasteiger partial charge in [-0.25, -0.2) is 0 Å². The minimum Gasteiger partial charge on any atom is -0.478 e. The number of pyridine rings is 1. The number of nitrogens with zero attached hydrogens (tertiary/aromatic N) is 4. The summed E-state index contributed by atoms with van der Waals surface area (Å²) in [6.45, 7) is 0. The van der Waals surface area contributed by atoms with Gasteiger partial charge in [0.2, 0.25) is 0 Å². The average Bonchev–Trinajstić information content (AvgIpc) is 2.44. The maximum atomic E-state index is 12.5. The fraction of sp³-hybridized carbons (Fsp3) is 0.0769. The summed E-state index contributed by atoms with van der Waals surface area (Å²) in [6.07, 6.45) is 0. The van der Waals surface area contributed by atoms with Gasteiger partial charge in [0.1, 0.15) is 5.52 Å². The van der Waals surface area contributed by atoms with Crippen molar-refractivity contribution in [3.8, 4) is 17.1 Å². The molecule has 1 N–H and O–H groups in total. The van der Waals surface area contributed by atoms with Crippen molar-refractivity contribution in [2.45, 2.75) is 0 Å². The first-order valence-corrected chi connectivity index (χ1v) is 6.62. The molecule has 1 aromatic carbocycles. The summed E-state index contributed by atoms with van der Waals surface area (Å²) in [7, 11) is 1.52. The van der Waals surface area contributed by atoms with Gasteiger partial charge >= 0.3 is 6.01 Å². The van der Waals surface area contributed by atoms with Crippen molar-refractivity contribution in [2.24, 2.45) is 7.05 Å². The van der Waals surface area contributed by atoms with Crippen LogP contribution in [-0.2, 0) is 7.05 Å². The van der Waals surface area contributed by atoms with Crippen molar-refractivity contribution in [1.29, 1.82) is 0 Å². The van der Waals surface area contributed by atoms with Crippen molar-refractivity contribution in [2.75, 3.05) is 0 Å². The Labute approximate surface area is 128 Å². The molecule has 0 saturated heterocycles. The molecule has 0 bridgehead atoms. The van der Waals surface area contributed by atoms with E-state index in [0.717, 1.165) is 0 Å². The second-order valence-corrected chi connectivity index (χ2v) is 5.15. The van der Waals surface area contributed by atoms with Crippen LogP contribution in [0.4, 0.5) is 0 Å². The molecular formula is C13H8Cl2N4O2. The first-order chi connectivity index (χ1) is 9.99. The molecular weight excluding hydrogens is 315 g/mol. The Morgan fingerprint density at radius 3 is 2.52 bits per heavy atom. The number of aromatic nitrogens is 4. The molecule has 0 unspecified atom stereocenters. The van der Waals surface area contributed by atoms with Crippen LogP contribution < -0.4 is 5.56 Å². The van der Waals surface area contributed by atoms with E-state index < -0.39 is 6.01 Å². The number of aromatic hydroxyl groups is 1. The van der Waals surface area contributed by atoms with Gasteiger partial charge in [-0.2, -0.15) is 4.98 Å². The van der Waals surface area contributed by atoms with Crippen molar-refractivity contribution in [1.82, 2.24) is 19.7 Å². The van der Waals surface area contributed by atoms with E-state index in [2.05, 4.69) is 15.2 Å². The quantitative estimate of drug-likeness (QED) is 0.744. The van der Waals surface area contributed by atoms with Crippen LogP contribution in [0.3, 0.4) is 0 Å². The number of hydrogen-bond donors (Lipinski definition) is 1. The van der Waals surface area contributed by atoms with E-state index >= 15 is 0 Å². The Morgan fingerprint density at radius 2 is 1.86 bits per heavy atom. The summed E-state index contributed by atoms with van der Waals surface area (Å²) in [5.74, 6) is 0. The minimum atomic E-state index is -0.499. The van der Waals surface area contributed by atoms with Gasteiger partial charge < -0.3 is 5.11 Å². The number of aryl methyl sites for hydroxylation is 1. The standard InChI is InChI=1S/C13H8Cl2N4O2/c1-19-11-9(17-18-13(21)16-11)5-6(12(19)20)10-7(14)3-2-4-8(10)15/h2-5H,1H3,(H,16,18,21). The van der Waals surface area contributed by atoms with Gasteiger partial charge in [-0.3, -0.25) is 9.36 Å². The molecule has 0 fully saturated rings. The molecule has 0 saturated carbocycles. The summed E-state index contributed by atoms with van der Waals surface area (Å²) in [4.78, 5) is 16.3. The summed E-state index contributed by atoms with van der Waals surface area (Å²) in [6, 6.07) is 5.99. The Balaban J connectivity index is 2.42. The molecule has 0 radical (unpaired) electrons. The summed E-state index contributed by atoms with van der Waals surface area (Å²) < 4.78 is 1.26. The SMILES string of the molecule is Cn1c(=O)c(-c2c(Cl)cccc2Cl)cc2nnc(O)nc21. The van der Waals surface area contributed by atoms with E-state index in [1.54, 1.807) is 18.2 Å². The number of benzene rings is 1. The highest BCUT2D eigenvalue weighted by Crippen LogP contribution is 2.33. The molecule has 21 heavy (non-hydrogen) atoms. The van der Waals surface area contributed by atoms with Crippen molar-refractivity contribution in [3.05, 3.63) is 44.7 Å². The lowest BCUT2D eigenvalue weighted by molar-refractivity contribution is 0.424. The highest BCUT2D eigenvalue weighted by atomic mass is 35.5. The largest absolute Gasteiger partial charge is 0.478 e. The second-order valence-electron chi connectivity index (χ2n) is 4.34. The number of fused-ring (bicyclic) bond motifs is 1. The van der Waals surface area contributed by atoms with Crippen molar-refractivity contribution >= 4 is 34.4 Å². The normalized spacial score (nSPS) is 11.0. The van der Waals surface area contributed by atoms with E-state index in [1.807, 2.05) is 0 Å². The third-order valence-electron chi connectivity index (χ3n) is 3.05. The van der Waals surface area contributed by atoms with E-state index in [9.17, 15) is 9.90 Å². The lowest BCUT2D eigenvalue weighted by atomic mass is 10.1. The molecule has 0 spiro atoms. The van der Waals surface area contributed by atoms with Crippen LogP contribution >= 0.6 is 23.2 Å².